The van der Waals surface area contributed by atoms with E-state index in [1.165, 1.54) is 0 Å². The highest BCUT2D eigenvalue weighted by atomic mass is 16.1. The van der Waals surface area contributed by atoms with Crippen LogP contribution in [0.4, 0.5) is 5.69 Å². The van der Waals surface area contributed by atoms with Crippen molar-refractivity contribution >= 4 is 17.4 Å². The summed E-state index contributed by atoms with van der Waals surface area (Å²) in [5.74, 6) is -0.210. The SMILES string of the molecule is C=C.C=C(C)C(=O)Nc1ccc(C(=N)N)cc1.CC. The lowest BCUT2D eigenvalue weighted by Gasteiger charge is -2.05. The standard InChI is InChI=1S/C11H13N3O.C2H6.C2H4/c1-7(2)11(15)14-9-5-3-8(4-6-9)10(12)13;2*1-2/h3-6H,1H2,2H3,(H3,12,13)(H,14,15);1-2H3;1-2H2. The van der Waals surface area contributed by atoms with Crippen LogP contribution in [0.1, 0.15) is 26.3 Å². The molecule has 0 aliphatic carbocycles. The summed E-state index contributed by atoms with van der Waals surface area (Å²) >= 11 is 0. The molecule has 4 N–H and O–H groups in total. The minimum absolute atomic E-state index is 0.00720. The van der Waals surface area contributed by atoms with Crippen LogP contribution in [0.5, 0.6) is 0 Å². The molecule has 0 spiro atoms. The van der Waals surface area contributed by atoms with Crippen molar-refractivity contribution in [1.29, 1.82) is 5.41 Å². The molecular weight excluding hydrogens is 238 g/mol. The molecule has 0 aromatic heterocycles. The van der Waals surface area contributed by atoms with Gasteiger partial charge in [-0.2, -0.15) is 0 Å². The summed E-state index contributed by atoms with van der Waals surface area (Å²) in [5.41, 5.74) is 7.03. The van der Waals surface area contributed by atoms with Gasteiger partial charge in [-0.05, 0) is 31.2 Å². The summed E-state index contributed by atoms with van der Waals surface area (Å²) in [4.78, 5) is 11.3. The predicted molar refractivity (Wildman–Crippen MR) is 83.5 cm³/mol. The van der Waals surface area contributed by atoms with Gasteiger partial charge in [-0.3, -0.25) is 10.2 Å². The van der Waals surface area contributed by atoms with Crippen LogP contribution in [-0.4, -0.2) is 11.7 Å². The summed E-state index contributed by atoms with van der Waals surface area (Å²) in [6.45, 7) is 15.2. The number of hydrogen-bond acceptors (Lipinski definition) is 2. The van der Waals surface area contributed by atoms with Gasteiger partial charge >= 0.3 is 0 Å². The minimum atomic E-state index is -0.217. The van der Waals surface area contributed by atoms with E-state index in [0.717, 1.165) is 0 Å². The zero-order chi connectivity index (χ0) is 15.4. The van der Waals surface area contributed by atoms with Crippen molar-refractivity contribution in [3.8, 4) is 0 Å². The highest BCUT2D eigenvalue weighted by molar-refractivity contribution is 6.03. The lowest BCUT2D eigenvalue weighted by Crippen LogP contribution is -2.13. The number of carbonyl (C=O) groups is 1. The highest BCUT2D eigenvalue weighted by Gasteiger charge is 2.02. The molecule has 0 aliphatic rings. The van der Waals surface area contributed by atoms with Crippen molar-refractivity contribution in [1.82, 2.24) is 0 Å². The van der Waals surface area contributed by atoms with E-state index in [1.807, 2.05) is 13.8 Å². The number of amides is 1. The van der Waals surface area contributed by atoms with E-state index in [4.69, 9.17) is 11.1 Å². The molecular formula is C15H23N3O. The van der Waals surface area contributed by atoms with Gasteiger partial charge in [-0.15, -0.1) is 13.2 Å². The fourth-order valence-electron chi connectivity index (χ4n) is 0.971. The molecule has 4 nitrogen and oxygen atoms in total. The predicted octanol–water partition coefficient (Wildman–Crippen LogP) is 3.31. The van der Waals surface area contributed by atoms with Crippen molar-refractivity contribution < 1.29 is 4.79 Å². The molecule has 0 saturated heterocycles. The Hall–Kier alpha value is -2.36. The molecule has 0 unspecified atom stereocenters. The van der Waals surface area contributed by atoms with Gasteiger partial charge in [0.25, 0.3) is 5.91 Å². The normalized spacial score (nSPS) is 7.95. The maximum Gasteiger partial charge on any atom is 0.250 e. The minimum Gasteiger partial charge on any atom is -0.384 e. The number of rotatable bonds is 3. The Kier molecular flexibility index (Phi) is 10.8. The largest absolute Gasteiger partial charge is 0.384 e. The third-order valence-electron chi connectivity index (χ3n) is 1.84. The van der Waals surface area contributed by atoms with Crippen LogP contribution >= 0.6 is 0 Å². The number of nitrogen functional groups attached to an aromatic ring is 1. The molecule has 19 heavy (non-hydrogen) atoms. The number of nitrogens with two attached hydrogens (primary N) is 1. The number of anilines is 1. The van der Waals surface area contributed by atoms with E-state index in [-0.39, 0.29) is 11.7 Å². The van der Waals surface area contributed by atoms with Crippen molar-refractivity contribution in [2.24, 2.45) is 5.73 Å². The quantitative estimate of drug-likeness (QED) is 0.338. The van der Waals surface area contributed by atoms with Crippen LogP contribution < -0.4 is 11.1 Å². The smallest absolute Gasteiger partial charge is 0.250 e. The van der Waals surface area contributed by atoms with Crippen LogP contribution in [-0.2, 0) is 4.79 Å². The second-order valence-corrected chi connectivity index (χ2v) is 3.23. The zero-order valence-corrected chi connectivity index (χ0v) is 11.9. The Bertz CT molecular complexity index is 422. The van der Waals surface area contributed by atoms with Crippen LogP contribution in [0.15, 0.2) is 49.6 Å². The molecule has 1 amide bonds. The van der Waals surface area contributed by atoms with Crippen LogP contribution in [0.25, 0.3) is 0 Å². The number of hydrogen-bond donors (Lipinski definition) is 3. The summed E-state index contributed by atoms with van der Waals surface area (Å²) in [7, 11) is 0. The molecule has 0 radical (unpaired) electrons. The number of amidine groups is 1. The van der Waals surface area contributed by atoms with Gasteiger partial charge in [0.15, 0.2) is 0 Å². The zero-order valence-electron chi connectivity index (χ0n) is 11.9. The second-order valence-electron chi connectivity index (χ2n) is 3.23. The average Bonchev–Trinajstić information content (AvgIpc) is 2.43. The monoisotopic (exact) mass is 261 g/mol. The van der Waals surface area contributed by atoms with Gasteiger partial charge in [0.2, 0.25) is 0 Å². The van der Waals surface area contributed by atoms with E-state index >= 15 is 0 Å². The summed E-state index contributed by atoms with van der Waals surface area (Å²) in [5, 5.41) is 9.85. The summed E-state index contributed by atoms with van der Waals surface area (Å²) in [6, 6.07) is 6.74. The Balaban J connectivity index is 0. The average molecular weight is 261 g/mol. The third-order valence-corrected chi connectivity index (χ3v) is 1.84. The molecule has 104 valence electrons. The van der Waals surface area contributed by atoms with Crippen LogP contribution in [0.3, 0.4) is 0 Å². The highest BCUT2D eigenvalue weighted by Crippen LogP contribution is 2.09. The van der Waals surface area contributed by atoms with E-state index in [0.29, 0.717) is 16.8 Å². The van der Waals surface area contributed by atoms with Crippen molar-refractivity contribution in [2.45, 2.75) is 20.8 Å². The fraction of sp³-hybridized carbons (Fsp3) is 0.200. The van der Waals surface area contributed by atoms with Gasteiger partial charge < -0.3 is 11.1 Å². The molecule has 1 aromatic rings. The Morgan fingerprint density at radius 2 is 1.63 bits per heavy atom. The molecule has 1 rings (SSSR count). The van der Waals surface area contributed by atoms with Crippen LogP contribution in [0, 0.1) is 5.41 Å². The maximum absolute atomic E-state index is 11.3. The Morgan fingerprint density at radius 3 is 1.95 bits per heavy atom. The molecule has 4 heteroatoms. The molecule has 0 fully saturated rings. The summed E-state index contributed by atoms with van der Waals surface area (Å²) < 4.78 is 0. The fourth-order valence-corrected chi connectivity index (χ4v) is 0.971. The van der Waals surface area contributed by atoms with Crippen molar-refractivity contribution in [2.75, 3.05) is 5.32 Å². The first-order valence-electron chi connectivity index (χ1n) is 5.92. The Labute approximate surface area is 115 Å². The lowest BCUT2D eigenvalue weighted by atomic mass is 10.2. The molecule has 0 bridgehead atoms. The van der Waals surface area contributed by atoms with E-state index in [9.17, 15) is 4.79 Å². The van der Waals surface area contributed by atoms with E-state index in [1.54, 1.807) is 31.2 Å². The topological polar surface area (TPSA) is 79.0 Å². The number of carbonyl (C=O) groups excluding carboxylic acids is 1. The maximum atomic E-state index is 11.3. The first-order chi connectivity index (χ1) is 9.00. The van der Waals surface area contributed by atoms with Gasteiger partial charge in [0, 0.05) is 16.8 Å². The summed E-state index contributed by atoms with van der Waals surface area (Å²) in [6.07, 6.45) is 0. The molecule has 0 saturated carbocycles. The van der Waals surface area contributed by atoms with E-state index in [2.05, 4.69) is 25.1 Å². The Morgan fingerprint density at radius 1 is 1.21 bits per heavy atom. The first kappa shape index (κ1) is 19.0. The van der Waals surface area contributed by atoms with Crippen LogP contribution in [0.2, 0.25) is 0 Å². The number of nitrogens with one attached hydrogen (secondary N) is 2. The third kappa shape index (κ3) is 7.54. The van der Waals surface area contributed by atoms with Gasteiger partial charge in [-0.1, -0.05) is 20.4 Å². The van der Waals surface area contributed by atoms with Gasteiger partial charge in [0.05, 0.1) is 0 Å². The first-order valence-corrected chi connectivity index (χ1v) is 5.92. The van der Waals surface area contributed by atoms with Gasteiger partial charge in [0.1, 0.15) is 5.84 Å². The van der Waals surface area contributed by atoms with Crippen molar-refractivity contribution in [3.05, 3.63) is 55.1 Å². The molecule has 0 aliphatic heterocycles. The molecule has 1 aromatic carbocycles. The lowest BCUT2D eigenvalue weighted by molar-refractivity contribution is -0.112. The van der Waals surface area contributed by atoms with E-state index < -0.39 is 0 Å². The number of benzene rings is 1. The second kappa shape index (κ2) is 10.8. The molecule has 0 heterocycles. The molecule has 0 atom stereocenters. The van der Waals surface area contributed by atoms with Crippen molar-refractivity contribution in [3.63, 3.8) is 0 Å². The van der Waals surface area contributed by atoms with Gasteiger partial charge in [-0.25, -0.2) is 0 Å².